The van der Waals surface area contributed by atoms with E-state index in [4.69, 9.17) is 4.74 Å². The number of amides is 1. The summed E-state index contributed by atoms with van der Waals surface area (Å²) in [6.07, 6.45) is 2.75. The van der Waals surface area contributed by atoms with Crippen LogP contribution in [0.3, 0.4) is 0 Å². The Morgan fingerprint density at radius 1 is 1.06 bits per heavy atom. The largest absolute Gasteiger partial charge is 0.468 e. The van der Waals surface area contributed by atoms with Crippen LogP contribution >= 0.6 is 11.3 Å². The van der Waals surface area contributed by atoms with Gasteiger partial charge in [0.25, 0.3) is 5.91 Å². The number of hydrogen-bond acceptors (Lipinski definition) is 6. The highest BCUT2D eigenvalue weighted by Crippen LogP contribution is 2.24. The quantitative estimate of drug-likeness (QED) is 0.499. The number of methoxy groups -OCH3 is 1. The lowest BCUT2D eigenvalue weighted by Crippen LogP contribution is -2.35. The van der Waals surface area contributed by atoms with Crippen molar-refractivity contribution in [3.8, 4) is 0 Å². The minimum Gasteiger partial charge on any atom is -0.468 e. The third-order valence-electron chi connectivity index (χ3n) is 5.88. The maximum Gasteiger partial charge on any atom is 0.325 e. The predicted octanol–water partition coefficient (Wildman–Crippen LogP) is 3.41. The lowest BCUT2D eigenvalue weighted by molar-refractivity contribution is -0.141. The second-order valence-electron chi connectivity index (χ2n) is 8.38. The first-order valence-corrected chi connectivity index (χ1v) is 13.3. The zero-order valence-corrected chi connectivity index (χ0v) is 21.0. The number of piperidine rings is 1. The molecule has 2 heterocycles. The highest BCUT2D eigenvalue weighted by molar-refractivity contribution is 7.89. The molecule has 0 spiro atoms. The Morgan fingerprint density at radius 2 is 1.74 bits per heavy atom. The lowest BCUT2D eigenvalue weighted by atomic mass is 10.1. The van der Waals surface area contributed by atoms with Gasteiger partial charge in [-0.1, -0.05) is 23.8 Å². The molecule has 0 unspecified atom stereocenters. The maximum absolute atomic E-state index is 13.0. The molecule has 1 amide bonds. The van der Waals surface area contributed by atoms with Gasteiger partial charge in [-0.05, 0) is 68.1 Å². The summed E-state index contributed by atoms with van der Waals surface area (Å²) in [6.45, 7) is 4.90. The van der Waals surface area contributed by atoms with Crippen LogP contribution in [0.5, 0.6) is 0 Å². The number of rotatable bonds is 5. The fourth-order valence-electron chi connectivity index (χ4n) is 4.12. The minimum absolute atomic E-state index is 0.0709. The predicted molar refractivity (Wildman–Crippen MR) is 130 cm³/mol. The van der Waals surface area contributed by atoms with Gasteiger partial charge in [0, 0.05) is 18.7 Å². The second kappa shape index (κ2) is 9.81. The number of carbonyl (C=O) groups excluding carboxylic acids is 2. The van der Waals surface area contributed by atoms with Crippen LogP contribution < -0.4 is 4.80 Å². The van der Waals surface area contributed by atoms with Crippen molar-refractivity contribution in [2.75, 3.05) is 20.2 Å². The number of benzene rings is 2. The summed E-state index contributed by atoms with van der Waals surface area (Å²) >= 11 is 1.33. The van der Waals surface area contributed by atoms with Gasteiger partial charge in [-0.2, -0.15) is 9.30 Å². The van der Waals surface area contributed by atoms with E-state index >= 15 is 0 Å². The Morgan fingerprint density at radius 3 is 2.38 bits per heavy atom. The van der Waals surface area contributed by atoms with Gasteiger partial charge in [-0.15, -0.1) is 0 Å². The number of fused-ring (bicyclic) bond motifs is 1. The molecule has 0 radical (unpaired) electrons. The zero-order chi connectivity index (χ0) is 24.5. The van der Waals surface area contributed by atoms with Crippen LogP contribution in [0.15, 0.2) is 46.3 Å². The van der Waals surface area contributed by atoms with E-state index in [0.717, 1.165) is 40.6 Å². The fraction of sp³-hybridized carbons (Fsp3) is 0.375. The molecular weight excluding hydrogens is 474 g/mol. The summed E-state index contributed by atoms with van der Waals surface area (Å²) < 4.78 is 34.7. The Labute approximate surface area is 202 Å². The average Bonchev–Trinajstić information content (AvgIpc) is 3.16. The van der Waals surface area contributed by atoms with Crippen LogP contribution in [-0.2, 0) is 26.1 Å². The number of hydrogen-bond donors (Lipinski definition) is 0. The minimum atomic E-state index is -3.57. The van der Waals surface area contributed by atoms with Crippen molar-refractivity contribution in [1.82, 2.24) is 8.87 Å². The maximum atomic E-state index is 13.0. The number of aromatic nitrogens is 1. The van der Waals surface area contributed by atoms with Gasteiger partial charge in [0.15, 0.2) is 4.80 Å². The van der Waals surface area contributed by atoms with Gasteiger partial charge in [-0.3, -0.25) is 9.59 Å². The first-order chi connectivity index (χ1) is 16.2. The average molecular weight is 502 g/mol. The second-order valence-corrected chi connectivity index (χ2v) is 11.3. The Kier molecular flexibility index (Phi) is 7.01. The van der Waals surface area contributed by atoms with Gasteiger partial charge in [0.2, 0.25) is 10.0 Å². The number of nitrogens with zero attached hydrogens (tertiary/aromatic N) is 3. The van der Waals surface area contributed by atoms with E-state index in [0.29, 0.717) is 17.9 Å². The van der Waals surface area contributed by atoms with E-state index < -0.39 is 21.9 Å². The molecule has 1 aliphatic heterocycles. The third-order valence-corrected chi connectivity index (χ3v) is 9.02. The molecule has 0 atom stereocenters. The molecule has 8 nitrogen and oxygen atoms in total. The summed E-state index contributed by atoms with van der Waals surface area (Å²) in [7, 11) is -2.26. The smallest absolute Gasteiger partial charge is 0.325 e. The summed E-state index contributed by atoms with van der Waals surface area (Å²) in [4.78, 5) is 29.8. The van der Waals surface area contributed by atoms with E-state index in [1.54, 1.807) is 4.57 Å². The molecule has 0 aliphatic carbocycles. The number of aryl methyl sites for hydroxylation is 2. The molecule has 0 saturated carbocycles. The van der Waals surface area contributed by atoms with Crippen molar-refractivity contribution in [1.29, 1.82) is 0 Å². The molecular formula is C24H27N3O5S2. The number of ether oxygens (including phenoxy) is 1. The summed E-state index contributed by atoms with van der Waals surface area (Å²) in [5.74, 6) is -0.957. The van der Waals surface area contributed by atoms with Crippen molar-refractivity contribution in [2.24, 2.45) is 4.99 Å². The van der Waals surface area contributed by atoms with Crippen molar-refractivity contribution in [3.05, 3.63) is 57.9 Å². The lowest BCUT2D eigenvalue weighted by Gasteiger charge is -2.25. The number of carbonyl (C=O) groups is 2. The summed E-state index contributed by atoms with van der Waals surface area (Å²) in [6, 6.07) is 9.85. The molecule has 4 rings (SSSR count). The van der Waals surface area contributed by atoms with Crippen LogP contribution in [0.25, 0.3) is 10.2 Å². The topological polar surface area (TPSA) is 98.0 Å². The molecule has 0 bridgehead atoms. The van der Waals surface area contributed by atoms with E-state index in [1.165, 1.54) is 47.0 Å². The molecule has 3 aromatic rings. The number of thiazole rings is 1. The molecule has 1 aliphatic rings. The van der Waals surface area contributed by atoms with E-state index in [-0.39, 0.29) is 17.0 Å². The normalized spacial score (nSPS) is 15.6. The Hall–Kier alpha value is -2.82. The van der Waals surface area contributed by atoms with Crippen LogP contribution in [0, 0.1) is 13.8 Å². The van der Waals surface area contributed by atoms with Crippen molar-refractivity contribution >= 4 is 43.5 Å². The number of sulfonamides is 1. The first-order valence-electron chi connectivity index (χ1n) is 11.1. The highest BCUT2D eigenvalue weighted by Gasteiger charge is 2.26. The van der Waals surface area contributed by atoms with Gasteiger partial charge < -0.3 is 9.30 Å². The molecule has 1 aromatic heterocycles. The molecule has 34 heavy (non-hydrogen) atoms. The van der Waals surface area contributed by atoms with E-state index in [2.05, 4.69) is 4.99 Å². The summed E-state index contributed by atoms with van der Waals surface area (Å²) in [5.41, 5.74) is 3.14. The van der Waals surface area contributed by atoms with Crippen molar-refractivity contribution in [2.45, 2.75) is 44.6 Å². The zero-order valence-electron chi connectivity index (χ0n) is 19.4. The molecule has 10 heteroatoms. The van der Waals surface area contributed by atoms with E-state index in [9.17, 15) is 18.0 Å². The molecule has 2 aromatic carbocycles. The van der Waals surface area contributed by atoms with Crippen molar-refractivity contribution < 1.29 is 22.7 Å². The fourth-order valence-corrected chi connectivity index (χ4v) is 6.71. The first kappa shape index (κ1) is 24.3. The molecule has 1 saturated heterocycles. The Balaban J connectivity index is 1.70. The Bertz CT molecular complexity index is 1410. The standard InChI is InChI=1S/C24H27N3O5S2/c1-16-13-17(2)22-20(14-16)27(15-21(28)32-3)24(33-22)25-23(29)18-7-9-19(10-8-18)34(30,31)26-11-5-4-6-12-26/h7-10,13-14H,4-6,11-12,15H2,1-3H3. The highest BCUT2D eigenvalue weighted by atomic mass is 32.2. The van der Waals surface area contributed by atoms with Gasteiger partial charge >= 0.3 is 5.97 Å². The monoisotopic (exact) mass is 501 g/mol. The van der Waals surface area contributed by atoms with Gasteiger partial charge in [-0.25, -0.2) is 8.42 Å². The third kappa shape index (κ3) is 4.84. The molecule has 1 fully saturated rings. The summed E-state index contributed by atoms with van der Waals surface area (Å²) in [5, 5.41) is 0. The van der Waals surface area contributed by atoms with Gasteiger partial charge in [0.1, 0.15) is 6.54 Å². The molecule has 0 N–H and O–H groups in total. The van der Waals surface area contributed by atoms with Crippen LogP contribution in [-0.4, -0.2) is 49.4 Å². The molecule has 180 valence electrons. The number of esters is 1. The van der Waals surface area contributed by atoms with Crippen molar-refractivity contribution in [3.63, 3.8) is 0 Å². The van der Waals surface area contributed by atoms with Gasteiger partial charge in [0.05, 0.1) is 22.2 Å². The van der Waals surface area contributed by atoms with E-state index in [1.807, 2.05) is 26.0 Å². The van der Waals surface area contributed by atoms with Crippen LogP contribution in [0.2, 0.25) is 0 Å². The SMILES string of the molecule is COC(=O)Cn1c(=NC(=O)c2ccc(S(=O)(=O)N3CCCCC3)cc2)sc2c(C)cc(C)cc21. The van der Waals surface area contributed by atoms with Crippen LogP contribution in [0.4, 0.5) is 0 Å². The van der Waals surface area contributed by atoms with Crippen LogP contribution in [0.1, 0.15) is 40.7 Å².